The van der Waals surface area contributed by atoms with Crippen LogP contribution in [0.2, 0.25) is 0 Å². The zero-order valence-corrected chi connectivity index (χ0v) is 15.8. The molecule has 0 amide bonds. The van der Waals surface area contributed by atoms with Crippen LogP contribution in [0.3, 0.4) is 0 Å². The molecule has 1 aliphatic rings. The highest BCUT2D eigenvalue weighted by Crippen LogP contribution is 2.26. The number of hydrogen-bond donors (Lipinski definition) is 1. The molecule has 2 aromatic carbocycles. The second-order valence-corrected chi connectivity index (χ2v) is 7.28. The summed E-state index contributed by atoms with van der Waals surface area (Å²) >= 11 is 0. The number of benzene rings is 2. The number of para-hydroxylation sites is 2. The molecule has 0 spiro atoms. The molecule has 0 aromatic heterocycles. The lowest BCUT2D eigenvalue weighted by Crippen LogP contribution is -2.49. The molecule has 2 aromatic rings. The van der Waals surface area contributed by atoms with Gasteiger partial charge >= 0.3 is 0 Å². The number of aliphatic hydroxyl groups excluding tert-OH is 1. The molecular formula is C22H30N2O2. The number of aliphatic hydroxyl groups is 1. The van der Waals surface area contributed by atoms with Gasteiger partial charge in [0.1, 0.15) is 18.5 Å². The van der Waals surface area contributed by atoms with E-state index in [0.717, 1.165) is 31.9 Å². The largest absolute Gasteiger partial charge is 0.491 e. The van der Waals surface area contributed by atoms with E-state index >= 15 is 0 Å². The van der Waals surface area contributed by atoms with Gasteiger partial charge < -0.3 is 14.7 Å². The number of nitrogens with zero attached hydrogens (tertiary/aromatic N) is 2. The van der Waals surface area contributed by atoms with E-state index in [1.165, 1.54) is 11.3 Å². The average Bonchev–Trinajstić information content (AvgIpc) is 2.68. The van der Waals surface area contributed by atoms with Crippen molar-refractivity contribution >= 4 is 5.69 Å². The first kappa shape index (κ1) is 18.7. The van der Waals surface area contributed by atoms with Crippen LogP contribution >= 0.6 is 0 Å². The lowest BCUT2D eigenvalue weighted by atomic mass is 10.0. The predicted octanol–water partition coefficient (Wildman–Crippen LogP) is 3.37. The van der Waals surface area contributed by atoms with Gasteiger partial charge in [0.05, 0.1) is 0 Å². The summed E-state index contributed by atoms with van der Waals surface area (Å²) in [6, 6.07) is 18.6. The van der Waals surface area contributed by atoms with Gasteiger partial charge in [0, 0.05) is 38.4 Å². The van der Waals surface area contributed by atoms with Gasteiger partial charge in [-0.15, -0.1) is 0 Å². The summed E-state index contributed by atoms with van der Waals surface area (Å²) in [5.41, 5.74) is 2.47. The Kier molecular flexibility index (Phi) is 6.53. The standard InChI is InChI=1S/C22H30N2O2/c1-18(2)21-10-6-7-11-22(21)26-17-20(25)16-23-12-14-24(15-13-23)19-8-4-3-5-9-19/h3-11,18,20,25H,12-17H2,1-2H3/t20-/m0/s1. The molecule has 4 heteroatoms. The molecule has 1 atom stereocenters. The SMILES string of the molecule is CC(C)c1ccccc1OC[C@@H](O)CN1CCN(c2ccccc2)CC1. The smallest absolute Gasteiger partial charge is 0.122 e. The van der Waals surface area contributed by atoms with Gasteiger partial charge in [-0.25, -0.2) is 0 Å². The Balaban J connectivity index is 1.44. The van der Waals surface area contributed by atoms with E-state index in [-0.39, 0.29) is 0 Å². The van der Waals surface area contributed by atoms with Crippen LogP contribution in [0.25, 0.3) is 0 Å². The van der Waals surface area contributed by atoms with Crippen molar-refractivity contribution in [1.29, 1.82) is 0 Å². The zero-order chi connectivity index (χ0) is 18.4. The molecule has 0 saturated carbocycles. The van der Waals surface area contributed by atoms with Crippen LogP contribution < -0.4 is 9.64 Å². The Bertz CT molecular complexity index is 667. The van der Waals surface area contributed by atoms with Crippen LogP contribution in [0.4, 0.5) is 5.69 Å². The highest BCUT2D eigenvalue weighted by molar-refractivity contribution is 5.46. The van der Waals surface area contributed by atoms with Crippen molar-refractivity contribution in [2.75, 3.05) is 44.2 Å². The maximum atomic E-state index is 10.4. The first-order valence-corrected chi connectivity index (χ1v) is 9.55. The third-order valence-electron chi connectivity index (χ3n) is 4.93. The lowest BCUT2D eigenvalue weighted by Gasteiger charge is -2.36. The van der Waals surface area contributed by atoms with Gasteiger partial charge in [0.2, 0.25) is 0 Å². The fourth-order valence-corrected chi connectivity index (χ4v) is 3.45. The zero-order valence-electron chi connectivity index (χ0n) is 15.8. The molecule has 4 nitrogen and oxygen atoms in total. The summed E-state index contributed by atoms with van der Waals surface area (Å²) in [6.45, 7) is 9.23. The number of β-amino-alcohol motifs (C(OH)–C–C–N with tert-alkyl or cyclic N) is 1. The fraction of sp³-hybridized carbons (Fsp3) is 0.455. The highest BCUT2D eigenvalue weighted by atomic mass is 16.5. The Morgan fingerprint density at radius 1 is 0.923 bits per heavy atom. The van der Waals surface area contributed by atoms with Crippen LogP contribution in [0.1, 0.15) is 25.3 Å². The molecule has 0 unspecified atom stereocenters. The molecule has 1 N–H and O–H groups in total. The Labute approximate surface area is 157 Å². The minimum Gasteiger partial charge on any atom is -0.491 e. The summed E-state index contributed by atoms with van der Waals surface area (Å²) in [4.78, 5) is 4.72. The number of hydrogen-bond acceptors (Lipinski definition) is 4. The van der Waals surface area contributed by atoms with Gasteiger partial charge in [-0.3, -0.25) is 4.90 Å². The molecule has 3 rings (SSSR count). The summed E-state index contributed by atoms with van der Waals surface area (Å²) in [6.07, 6.45) is -0.474. The molecule has 0 radical (unpaired) electrons. The van der Waals surface area contributed by atoms with Crippen molar-refractivity contribution in [1.82, 2.24) is 4.90 Å². The minimum absolute atomic E-state index is 0.336. The van der Waals surface area contributed by atoms with Crippen LogP contribution in [0, 0.1) is 0 Å². The fourth-order valence-electron chi connectivity index (χ4n) is 3.45. The molecule has 0 aliphatic carbocycles. The van der Waals surface area contributed by atoms with E-state index in [2.05, 4.69) is 54.0 Å². The third-order valence-corrected chi connectivity index (χ3v) is 4.93. The van der Waals surface area contributed by atoms with Gasteiger partial charge in [-0.1, -0.05) is 50.2 Å². The molecule has 1 fully saturated rings. The molecule has 1 saturated heterocycles. The van der Waals surface area contributed by atoms with Gasteiger partial charge in [-0.2, -0.15) is 0 Å². The monoisotopic (exact) mass is 354 g/mol. The van der Waals surface area contributed by atoms with E-state index in [1.807, 2.05) is 24.3 Å². The minimum atomic E-state index is -0.474. The van der Waals surface area contributed by atoms with Crippen molar-refractivity contribution in [3.63, 3.8) is 0 Å². The van der Waals surface area contributed by atoms with Crippen molar-refractivity contribution in [2.45, 2.75) is 25.9 Å². The average molecular weight is 354 g/mol. The Hall–Kier alpha value is -2.04. The Morgan fingerprint density at radius 3 is 2.27 bits per heavy atom. The van der Waals surface area contributed by atoms with Gasteiger partial charge in [-0.05, 0) is 29.7 Å². The molecule has 0 bridgehead atoms. The van der Waals surface area contributed by atoms with E-state index in [4.69, 9.17) is 4.74 Å². The second kappa shape index (κ2) is 9.06. The van der Waals surface area contributed by atoms with E-state index in [0.29, 0.717) is 19.1 Å². The van der Waals surface area contributed by atoms with Gasteiger partial charge in [0.25, 0.3) is 0 Å². The molecule has 1 heterocycles. The highest BCUT2D eigenvalue weighted by Gasteiger charge is 2.20. The molecule has 26 heavy (non-hydrogen) atoms. The van der Waals surface area contributed by atoms with Crippen LogP contribution in [0.15, 0.2) is 54.6 Å². The second-order valence-electron chi connectivity index (χ2n) is 7.28. The summed E-state index contributed by atoms with van der Waals surface area (Å²) in [5, 5.41) is 10.4. The van der Waals surface area contributed by atoms with Gasteiger partial charge in [0.15, 0.2) is 0 Å². The van der Waals surface area contributed by atoms with Crippen molar-refractivity contribution in [3.8, 4) is 5.75 Å². The molecule has 1 aliphatic heterocycles. The van der Waals surface area contributed by atoms with E-state index in [9.17, 15) is 5.11 Å². The summed E-state index contributed by atoms with van der Waals surface area (Å²) < 4.78 is 5.91. The first-order valence-electron chi connectivity index (χ1n) is 9.55. The lowest BCUT2D eigenvalue weighted by molar-refractivity contribution is 0.0659. The Morgan fingerprint density at radius 2 is 1.58 bits per heavy atom. The van der Waals surface area contributed by atoms with Crippen molar-refractivity contribution < 1.29 is 9.84 Å². The molecular weight excluding hydrogens is 324 g/mol. The number of anilines is 1. The van der Waals surface area contributed by atoms with Crippen molar-refractivity contribution in [3.05, 3.63) is 60.2 Å². The maximum absolute atomic E-state index is 10.4. The van der Waals surface area contributed by atoms with E-state index < -0.39 is 6.10 Å². The maximum Gasteiger partial charge on any atom is 0.122 e. The summed E-state index contributed by atoms with van der Waals surface area (Å²) in [7, 11) is 0. The third kappa shape index (κ3) is 4.99. The van der Waals surface area contributed by atoms with E-state index in [1.54, 1.807) is 0 Å². The first-order chi connectivity index (χ1) is 12.6. The number of ether oxygens (including phenoxy) is 1. The topological polar surface area (TPSA) is 35.9 Å². The number of rotatable bonds is 7. The van der Waals surface area contributed by atoms with Crippen LogP contribution in [0.5, 0.6) is 5.75 Å². The number of piperazine rings is 1. The normalized spacial score (nSPS) is 16.7. The van der Waals surface area contributed by atoms with Crippen LogP contribution in [-0.4, -0.2) is 55.4 Å². The van der Waals surface area contributed by atoms with Crippen LogP contribution in [-0.2, 0) is 0 Å². The quantitative estimate of drug-likeness (QED) is 0.827. The van der Waals surface area contributed by atoms with Crippen molar-refractivity contribution in [2.24, 2.45) is 0 Å². The summed E-state index contributed by atoms with van der Waals surface area (Å²) in [5.74, 6) is 1.30. The molecule has 140 valence electrons. The predicted molar refractivity (Wildman–Crippen MR) is 107 cm³/mol.